The number of hydrogen-bond donors (Lipinski definition) is 1. The highest BCUT2D eigenvalue weighted by Crippen LogP contribution is 2.28. The van der Waals surface area contributed by atoms with Crippen LogP contribution in [0.2, 0.25) is 0 Å². The van der Waals surface area contributed by atoms with E-state index in [-0.39, 0.29) is 0 Å². The Bertz CT molecular complexity index is 595. The van der Waals surface area contributed by atoms with E-state index in [2.05, 4.69) is 16.5 Å². The number of nitrogens with two attached hydrogens (primary N) is 1. The summed E-state index contributed by atoms with van der Waals surface area (Å²) >= 11 is 0. The molecular weight excluding hydrogens is 222 g/mol. The minimum atomic E-state index is 0.655. The summed E-state index contributed by atoms with van der Waals surface area (Å²) in [5.41, 5.74) is 12.4. The predicted molar refractivity (Wildman–Crippen MR) is 75.2 cm³/mol. The van der Waals surface area contributed by atoms with Gasteiger partial charge in [0, 0.05) is 29.2 Å². The molecule has 2 aromatic heterocycles. The monoisotopic (exact) mass is 239 g/mol. The first-order valence-electron chi connectivity index (χ1n) is 5.84. The third-order valence-corrected chi connectivity index (χ3v) is 2.99. The van der Waals surface area contributed by atoms with Gasteiger partial charge < -0.3 is 5.73 Å². The summed E-state index contributed by atoms with van der Waals surface area (Å²) in [5.74, 6) is 0. The second kappa shape index (κ2) is 4.61. The van der Waals surface area contributed by atoms with Crippen LogP contribution in [0.15, 0.2) is 31.1 Å². The number of aromatic nitrogens is 2. The molecule has 2 aromatic rings. The van der Waals surface area contributed by atoms with Crippen molar-refractivity contribution in [3.63, 3.8) is 0 Å². The summed E-state index contributed by atoms with van der Waals surface area (Å²) in [7, 11) is 0. The van der Waals surface area contributed by atoms with Gasteiger partial charge in [0.15, 0.2) is 0 Å². The Labute approximate surface area is 107 Å². The molecule has 0 aliphatic rings. The van der Waals surface area contributed by atoms with Gasteiger partial charge in [-0.15, -0.1) is 0 Å². The molecule has 0 saturated carbocycles. The summed E-state index contributed by atoms with van der Waals surface area (Å²) < 4.78 is 0. The molecule has 92 valence electrons. The van der Waals surface area contributed by atoms with E-state index in [1.807, 2.05) is 32.9 Å². The van der Waals surface area contributed by atoms with E-state index in [4.69, 9.17) is 5.73 Å². The maximum Gasteiger partial charge on any atom is 0.0932 e. The summed E-state index contributed by atoms with van der Waals surface area (Å²) in [6.07, 6.45) is 3.60. The molecule has 0 atom stereocenters. The fraction of sp³-hybridized carbons (Fsp3) is 0.200. The summed E-state index contributed by atoms with van der Waals surface area (Å²) in [5, 5.41) is 0. The van der Waals surface area contributed by atoms with E-state index in [0.717, 1.165) is 33.7 Å². The van der Waals surface area contributed by atoms with Gasteiger partial charge in [-0.2, -0.15) is 0 Å². The first kappa shape index (κ1) is 12.3. The molecular formula is C15H17N3. The van der Waals surface area contributed by atoms with Crippen LogP contribution in [0, 0.1) is 20.8 Å². The molecule has 2 rings (SSSR count). The van der Waals surface area contributed by atoms with Gasteiger partial charge in [0.1, 0.15) is 0 Å². The topological polar surface area (TPSA) is 51.8 Å². The van der Waals surface area contributed by atoms with Crippen LogP contribution in [0.4, 0.5) is 5.69 Å². The van der Waals surface area contributed by atoms with Crippen LogP contribution in [0.5, 0.6) is 0 Å². The molecule has 0 bridgehead atoms. The van der Waals surface area contributed by atoms with Crippen LogP contribution >= 0.6 is 0 Å². The smallest absolute Gasteiger partial charge is 0.0932 e. The molecule has 3 nitrogen and oxygen atoms in total. The number of hydrogen-bond acceptors (Lipinski definition) is 3. The Morgan fingerprint density at radius 2 is 1.94 bits per heavy atom. The van der Waals surface area contributed by atoms with E-state index in [9.17, 15) is 0 Å². The van der Waals surface area contributed by atoms with E-state index >= 15 is 0 Å². The van der Waals surface area contributed by atoms with Crippen molar-refractivity contribution in [3.05, 3.63) is 59.2 Å². The third-order valence-electron chi connectivity index (χ3n) is 2.99. The van der Waals surface area contributed by atoms with Gasteiger partial charge in [-0.05, 0) is 44.0 Å². The van der Waals surface area contributed by atoms with Gasteiger partial charge in [0.25, 0.3) is 0 Å². The highest BCUT2D eigenvalue weighted by atomic mass is 14.7. The lowest BCUT2D eigenvalue weighted by Gasteiger charge is -2.13. The lowest BCUT2D eigenvalue weighted by molar-refractivity contribution is 1.14. The van der Waals surface area contributed by atoms with Crippen LogP contribution in [-0.4, -0.2) is 9.97 Å². The van der Waals surface area contributed by atoms with E-state index < -0.39 is 0 Å². The summed E-state index contributed by atoms with van der Waals surface area (Å²) in [6, 6.07) is 3.88. The van der Waals surface area contributed by atoms with E-state index in [0.29, 0.717) is 5.69 Å². The van der Waals surface area contributed by atoms with Crippen LogP contribution < -0.4 is 5.73 Å². The molecule has 3 heteroatoms. The average molecular weight is 239 g/mol. The number of pyridine rings is 2. The second-order valence-electron chi connectivity index (χ2n) is 4.52. The molecule has 2 N–H and O–H groups in total. The molecule has 18 heavy (non-hydrogen) atoms. The lowest BCUT2D eigenvalue weighted by atomic mass is 9.97. The zero-order valence-electron chi connectivity index (χ0n) is 11.0. The zero-order valence-corrected chi connectivity index (χ0v) is 11.0. The number of anilines is 1. The quantitative estimate of drug-likeness (QED) is 0.876. The maximum atomic E-state index is 6.02. The van der Waals surface area contributed by atoms with Gasteiger partial charge in [0.05, 0.1) is 11.4 Å². The average Bonchev–Trinajstić information content (AvgIpc) is 2.28. The molecule has 2 heterocycles. The SMILES string of the molecule is C=C(c1ncc(C)cc1N)c1c(C)ccnc1C. The summed E-state index contributed by atoms with van der Waals surface area (Å²) in [6.45, 7) is 10.1. The van der Waals surface area contributed by atoms with Crippen molar-refractivity contribution in [2.24, 2.45) is 0 Å². The normalized spacial score (nSPS) is 10.4. The van der Waals surface area contributed by atoms with Gasteiger partial charge >= 0.3 is 0 Å². The Kier molecular flexibility index (Phi) is 3.15. The molecule has 0 amide bonds. The van der Waals surface area contributed by atoms with Crippen molar-refractivity contribution in [1.82, 2.24) is 9.97 Å². The van der Waals surface area contributed by atoms with Gasteiger partial charge in [-0.25, -0.2) is 0 Å². The second-order valence-corrected chi connectivity index (χ2v) is 4.52. The van der Waals surface area contributed by atoms with Crippen molar-refractivity contribution in [2.75, 3.05) is 5.73 Å². The first-order chi connectivity index (χ1) is 8.50. The number of aryl methyl sites for hydroxylation is 3. The van der Waals surface area contributed by atoms with Crippen LogP contribution in [0.1, 0.15) is 28.1 Å². The Morgan fingerprint density at radius 3 is 2.56 bits per heavy atom. The minimum absolute atomic E-state index is 0.655. The highest BCUT2D eigenvalue weighted by molar-refractivity contribution is 5.84. The Balaban J connectivity index is 2.55. The van der Waals surface area contributed by atoms with Crippen LogP contribution in [-0.2, 0) is 0 Å². The van der Waals surface area contributed by atoms with Crippen molar-refractivity contribution in [1.29, 1.82) is 0 Å². The third kappa shape index (κ3) is 2.12. The molecule has 0 radical (unpaired) electrons. The first-order valence-corrected chi connectivity index (χ1v) is 5.84. The molecule has 0 aromatic carbocycles. The molecule has 0 fully saturated rings. The molecule has 0 aliphatic heterocycles. The van der Waals surface area contributed by atoms with Crippen LogP contribution in [0.25, 0.3) is 5.57 Å². The lowest BCUT2D eigenvalue weighted by Crippen LogP contribution is -2.02. The molecule has 0 unspecified atom stereocenters. The summed E-state index contributed by atoms with van der Waals surface area (Å²) in [4.78, 5) is 8.69. The molecule has 0 spiro atoms. The van der Waals surface area contributed by atoms with Gasteiger partial charge in [-0.1, -0.05) is 6.58 Å². The van der Waals surface area contributed by atoms with E-state index in [1.165, 1.54) is 0 Å². The van der Waals surface area contributed by atoms with Crippen molar-refractivity contribution < 1.29 is 0 Å². The minimum Gasteiger partial charge on any atom is -0.397 e. The fourth-order valence-electron chi connectivity index (χ4n) is 2.11. The standard InChI is InChI=1S/C15H17N3/c1-9-7-13(16)15(18-8-9)11(3)14-10(2)5-6-17-12(14)4/h5-8H,3,16H2,1-2,4H3. The number of nitrogens with zero attached hydrogens (tertiary/aromatic N) is 2. The molecule has 0 saturated heterocycles. The van der Waals surface area contributed by atoms with Crippen molar-refractivity contribution >= 4 is 11.3 Å². The largest absolute Gasteiger partial charge is 0.397 e. The predicted octanol–water partition coefficient (Wildman–Crippen LogP) is 3.05. The molecule has 0 aliphatic carbocycles. The number of nitrogen functional groups attached to an aromatic ring is 1. The van der Waals surface area contributed by atoms with Gasteiger partial charge in [-0.3, -0.25) is 9.97 Å². The zero-order chi connectivity index (χ0) is 13.3. The van der Waals surface area contributed by atoms with Crippen LogP contribution in [0.3, 0.4) is 0 Å². The highest BCUT2D eigenvalue weighted by Gasteiger charge is 2.13. The maximum absolute atomic E-state index is 6.02. The Hall–Kier alpha value is -2.16. The Morgan fingerprint density at radius 1 is 1.22 bits per heavy atom. The van der Waals surface area contributed by atoms with Crippen molar-refractivity contribution in [2.45, 2.75) is 20.8 Å². The van der Waals surface area contributed by atoms with Gasteiger partial charge in [0.2, 0.25) is 0 Å². The van der Waals surface area contributed by atoms with E-state index in [1.54, 1.807) is 12.4 Å². The fourth-order valence-corrected chi connectivity index (χ4v) is 2.11. The number of rotatable bonds is 2. The van der Waals surface area contributed by atoms with Crippen molar-refractivity contribution in [3.8, 4) is 0 Å².